The number of rotatable bonds is 5. The van der Waals surface area contributed by atoms with Crippen LogP contribution < -0.4 is 10.1 Å². The molecule has 0 aliphatic rings. The summed E-state index contributed by atoms with van der Waals surface area (Å²) >= 11 is 3.43. The van der Waals surface area contributed by atoms with E-state index in [0.29, 0.717) is 6.61 Å². The molecule has 0 spiro atoms. The number of benzene rings is 1. The van der Waals surface area contributed by atoms with Gasteiger partial charge in [0.1, 0.15) is 18.1 Å². The SMILES string of the molecule is CNCc1coc(COc2ccc(Br)cc2C)c1. The molecule has 2 rings (SSSR count). The molecule has 0 atom stereocenters. The van der Waals surface area contributed by atoms with Crippen LogP contribution in [0, 0.1) is 6.92 Å². The number of halogens is 1. The van der Waals surface area contributed by atoms with E-state index in [0.717, 1.165) is 33.7 Å². The molecule has 0 saturated carbocycles. The molecule has 1 N–H and O–H groups in total. The van der Waals surface area contributed by atoms with Gasteiger partial charge in [-0.3, -0.25) is 0 Å². The lowest BCUT2D eigenvalue weighted by Gasteiger charge is -2.07. The Morgan fingerprint density at radius 3 is 2.89 bits per heavy atom. The van der Waals surface area contributed by atoms with Crippen molar-refractivity contribution in [1.29, 1.82) is 0 Å². The van der Waals surface area contributed by atoms with Crippen LogP contribution in [0.2, 0.25) is 0 Å². The van der Waals surface area contributed by atoms with Gasteiger partial charge in [-0.25, -0.2) is 0 Å². The number of furan rings is 1. The first-order valence-corrected chi connectivity index (χ1v) is 6.58. The second-order valence-electron chi connectivity index (χ2n) is 4.15. The topological polar surface area (TPSA) is 34.4 Å². The highest BCUT2D eigenvalue weighted by Gasteiger charge is 2.04. The minimum absolute atomic E-state index is 0.451. The Morgan fingerprint density at radius 2 is 2.17 bits per heavy atom. The molecule has 0 aliphatic heterocycles. The minimum atomic E-state index is 0.451. The van der Waals surface area contributed by atoms with Crippen molar-refractivity contribution in [3.05, 3.63) is 51.9 Å². The summed E-state index contributed by atoms with van der Waals surface area (Å²) in [5.41, 5.74) is 2.23. The fourth-order valence-electron chi connectivity index (χ4n) is 1.72. The Bertz CT molecular complexity index is 522. The number of ether oxygens (including phenoxy) is 1. The Hall–Kier alpha value is -1.26. The fraction of sp³-hybridized carbons (Fsp3) is 0.286. The van der Waals surface area contributed by atoms with Crippen LogP contribution in [0.15, 0.2) is 39.4 Å². The van der Waals surface area contributed by atoms with Crippen LogP contribution >= 0.6 is 15.9 Å². The molecule has 0 radical (unpaired) electrons. The Kier molecular flexibility index (Phi) is 4.44. The number of hydrogen-bond acceptors (Lipinski definition) is 3. The lowest BCUT2D eigenvalue weighted by Crippen LogP contribution is -2.03. The zero-order valence-corrected chi connectivity index (χ0v) is 12.1. The Labute approximate surface area is 115 Å². The van der Waals surface area contributed by atoms with Gasteiger partial charge in [-0.05, 0) is 43.8 Å². The highest BCUT2D eigenvalue weighted by molar-refractivity contribution is 9.10. The van der Waals surface area contributed by atoms with Crippen LogP contribution in [0.3, 0.4) is 0 Å². The van der Waals surface area contributed by atoms with E-state index in [-0.39, 0.29) is 0 Å². The van der Waals surface area contributed by atoms with Crippen LogP contribution in [-0.2, 0) is 13.2 Å². The Morgan fingerprint density at radius 1 is 1.33 bits per heavy atom. The summed E-state index contributed by atoms with van der Waals surface area (Å²) in [5, 5.41) is 3.08. The molecule has 0 bridgehead atoms. The second kappa shape index (κ2) is 6.07. The standard InChI is InChI=1S/C14H16BrNO2/c1-10-5-12(15)3-4-14(10)18-9-13-6-11(7-16-2)8-17-13/h3-6,8,16H,7,9H2,1-2H3. The lowest BCUT2D eigenvalue weighted by atomic mass is 10.2. The molecule has 4 heteroatoms. The molecule has 1 heterocycles. The molecule has 1 aromatic heterocycles. The average molecular weight is 310 g/mol. The van der Waals surface area contributed by atoms with E-state index in [4.69, 9.17) is 9.15 Å². The zero-order valence-electron chi connectivity index (χ0n) is 10.5. The second-order valence-corrected chi connectivity index (χ2v) is 5.07. The summed E-state index contributed by atoms with van der Waals surface area (Å²) in [6.07, 6.45) is 1.75. The highest BCUT2D eigenvalue weighted by atomic mass is 79.9. The zero-order chi connectivity index (χ0) is 13.0. The molecule has 0 saturated heterocycles. The van der Waals surface area contributed by atoms with Crippen molar-refractivity contribution in [2.45, 2.75) is 20.1 Å². The first-order valence-electron chi connectivity index (χ1n) is 5.79. The third-order valence-corrected chi connectivity index (χ3v) is 3.09. The molecular formula is C14H16BrNO2. The molecule has 0 aliphatic carbocycles. The predicted octanol–water partition coefficient (Wildman–Crippen LogP) is 3.65. The van der Waals surface area contributed by atoms with Crippen molar-refractivity contribution in [3.8, 4) is 5.75 Å². The normalized spacial score (nSPS) is 10.6. The van der Waals surface area contributed by atoms with Crippen molar-refractivity contribution < 1.29 is 9.15 Å². The summed E-state index contributed by atoms with van der Waals surface area (Å²) < 4.78 is 12.2. The molecule has 2 aromatic rings. The van der Waals surface area contributed by atoms with Gasteiger partial charge in [0.2, 0.25) is 0 Å². The molecule has 0 unspecified atom stereocenters. The molecule has 3 nitrogen and oxygen atoms in total. The monoisotopic (exact) mass is 309 g/mol. The van der Waals surface area contributed by atoms with E-state index < -0.39 is 0 Å². The van der Waals surface area contributed by atoms with Crippen LogP contribution in [0.25, 0.3) is 0 Å². The Balaban J connectivity index is 1.97. The van der Waals surface area contributed by atoms with Crippen molar-refractivity contribution >= 4 is 15.9 Å². The van der Waals surface area contributed by atoms with Gasteiger partial charge in [-0.2, -0.15) is 0 Å². The van der Waals surface area contributed by atoms with Crippen LogP contribution in [0.4, 0.5) is 0 Å². The number of hydrogen-bond donors (Lipinski definition) is 1. The maximum absolute atomic E-state index is 5.73. The third kappa shape index (κ3) is 3.37. The van der Waals surface area contributed by atoms with Crippen molar-refractivity contribution in [3.63, 3.8) is 0 Å². The fourth-order valence-corrected chi connectivity index (χ4v) is 2.20. The largest absolute Gasteiger partial charge is 0.485 e. The van der Waals surface area contributed by atoms with Gasteiger partial charge in [0, 0.05) is 16.6 Å². The molecule has 1 aromatic carbocycles. The van der Waals surface area contributed by atoms with Crippen molar-refractivity contribution in [2.24, 2.45) is 0 Å². The molecule has 0 fully saturated rings. The maximum Gasteiger partial charge on any atom is 0.146 e. The summed E-state index contributed by atoms with van der Waals surface area (Å²) in [6.45, 7) is 3.28. The van der Waals surface area contributed by atoms with E-state index in [1.807, 2.05) is 38.2 Å². The van der Waals surface area contributed by atoms with Crippen LogP contribution in [-0.4, -0.2) is 7.05 Å². The van der Waals surface area contributed by atoms with Gasteiger partial charge in [0.15, 0.2) is 0 Å². The summed E-state index contributed by atoms with van der Waals surface area (Å²) in [7, 11) is 1.91. The number of aryl methyl sites for hydroxylation is 1. The molecular weight excluding hydrogens is 294 g/mol. The van der Waals surface area contributed by atoms with Crippen LogP contribution in [0.1, 0.15) is 16.9 Å². The summed E-state index contributed by atoms with van der Waals surface area (Å²) in [4.78, 5) is 0. The average Bonchev–Trinajstić information content (AvgIpc) is 2.76. The van der Waals surface area contributed by atoms with E-state index in [2.05, 4.69) is 21.2 Å². The predicted molar refractivity (Wildman–Crippen MR) is 74.7 cm³/mol. The highest BCUT2D eigenvalue weighted by Crippen LogP contribution is 2.23. The van der Waals surface area contributed by atoms with E-state index in [1.165, 1.54) is 0 Å². The maximum atomic E-state index is 5.73. The van der Waals surface area contributed by atoms with Gasteiger partial charge in [0.25, 0.3) is 0 Å². The van der Waals surface area contributed by atoms with E-state index in [1.54, 1.807) is 6.26 Å². The molecule has 0 amide bonds. The van der Waals surface area contributed by atoms with Gasteiger partial charge in [-0.1, -0.05) is 15.9 Å². The first kappa shape index (κ1) is 13.2. The van der Waals surface area contributed by atoms with E-state index >= 15 is 0 Å². The van der Waals surface area contributed by atoms with Crippen LogP contribution in [0.5, 0.6) is 5.75 Å². The van der Waals surface area contributed by atoms with Gasteiger partial charge in [0.05, 0.1) is 6.26 Å². The lowest BCUT2D eigenvalue weighted by molar-refractivity contribution is 0.268. The van der Waals surface area contributed by atoms with E-state index in [9.17, 15) is 0 Å². The third-order valence-electron chi connectivity index (χ3n) is 2.60. The van der Waals surface area contributed by atoms with Crippen molar-refractivity contribution in [2.75, 3.05) is 7.05 Å². The summed E-state index contributed by atoms with van der Waals surface area (Å²) in [6, 6.07) is 7.96. The quantitative estimate of drug-likeness (QED) is 0.915. The minimum Gasteiger partial charge on any atom is -0.485 e. The van der Waals surface area contributed by atoms with Crippen molar-refractivity contribution in [1.82, 2.24) is 5.32 Å². The first-order chi connectivity index (χ1) is 8.69. The van der Waals surface area contributed by atoms with Gasteiger partial charge < -0.3 is 14.5 Å². The number of nitrogens with one attached hydrogen (secondary N) is 1. The van der Waals surface area contributed by atoms with Gasteiger partial charge >= 0.3 is 0 Å². The molecule has 96 valence electrons. The van der Waals surface area contributed by atoms with Gasteiger partial charge in [-0.15, -0.1) is 0 Å². The smallest absolute Gasteiger partial charge is 0.146 e. The summed E-state index contributed by atoms with van der Waals surface area (Å²) in [5.74, 6) is 1.72. The molecule has 18 heavy (non-hydrogen) atoms.